The molecule has 0 amide bonds. The van der Waals surface area contributed by atoms with Gasteiger partial charge in [-0.1, -0.05) is 43.6 Å². The van der Waals surface area contributed by atoms with Crippen LogP contribution < -0.4 is 5.32 Å². The van der Waals surface area contributed by atoms with Crippen LogP contribution in [0, 0.1) is 0 Å². The van der Waals surface area contributed by atoms with E-state index in [1.807, 2.05) is 13.8 Å². The maximum atomic E-state index is 12.3. The molecule has 0 saturated heterocycles. The quantitative estimate of drug-likeness (QED) is 0.858. The van der Waals surface area contributed by atoms with Gasteiger partial charge in [-0.25, -0.2) is 0 Å². The molecule has 0 saturated carbocycles. The molecule has 0 aliphatic rings. The van der Waals surface area contributed by atoms with Crippen LogP contribution in [0.2, 0.25) is 5.02 Å². The Morgan fingerprint density at radius 3 is 2.42 bits per heavy atom. The lowest BCUT2D eigenvalue weighted by Crippen LogP contribution is -2.31. The third-order valence-corrected chi connectivity index (χ3v) is 2.76. The summed E-state index contributed by atoms with van der Waals surface area (Å²) in [6, 6.07) is 6.91. The van der Waals surface area contributed by atoms with E-state index in [1.54, 1.807) is 24.3 Å². The Labute approximate surface area is 115 Å². The number of halogens is 4. The molecule has 1 N–H and O–H groups in total. The molecule has 0 bridgehead atoms. The smallest absolute Gasteiger partial charge is 0.363 e. The monoisotopic (exact) mass is 295 g/mol. The molecule has 1 aromatic carbocycles. The highest BCUT2D eigenvalue weighted by Crippen LogP contribution is 2.27. The van der Waals surface area contributed by atoms with Crippen LogP contribution in [-0.4, -0.2) is 25.4 Å². The molecular formula is C13H17ClF3NO. The zero-order valence-corrected chi connectivity index (χ0v) is 11.6. The average molecular weight is 296 g/mol. The maximum absolute atomic E-state index is 12.3. The summed E-state index contributed by atoms with van der Waals surface area (Å²) in [5, 5.41) is 3.46. The molecule has 2 nitrogen and oxygen atoms in total. The standard InChI is InChI=1S/C13H17ClF3NO/c1-9(2)18-7-12(19-8-13(15,16)17)10-5-3-4-6-11(10)14/h3-6,9,12,18H,7-8H2,1-2H3. The Hall–Kier alpha value is -0.780. The van der Waals surface area contributed by atoms with E-state index in [9.17, 15) is 13.2 Å². The van der Waals surface area contributed by atoms with Crippen LogP contribution in [0.5, 0.6) is 0 Å². The first-order chi connectivity index (χ1) is 8.79. The van der Waals surface area contributed by atoms with Gasteiger partial charge < -0.3 is 10.1 Å². The number of alkyl halides is 3. The van der Waals surface area contributed by atoms with Crippen LogP contribution in [-0.2, 0) is 4.74 Å². The minimum atomic E-state index is -4.35. The Kier molecular flexibility index (Phi) is 6.10. The molecule has 0 spiro atoms. The fraction of sp³-hybridized carbons (Fsp3) is 0.538. The van der Waals surface area contributed by atoms with E-state index in [0.29, 0.717) is 10.6 Å². The molecule has 0 radical (unpaired) electrons. The summed E-state index contributed by atoms with van der Waals surface area (Å²) in [5.74, 6) is 0. The third-order valence-electron chi connectivity index (χ3n) is 2.41. The zero-order valence-electron chi connectivity index (χ0n) is 10.8. The van der Waals surface area contributed by atoms with Crippen LogP contribution >= 0.6 is 11.6 Å². The highest BCUT2D eigenvalue weighted by atomic mass is 35.5. The molecule has 0 aliphatic heterocycles. The summed E-state index contributed by atoms with van der Waals surface area (Å²) in [7, 11) is 0. The summed E-state index contributed by atoms with van der Waals surface area (Å²) in [6.45, 7) is 2.81. The number of hydrogen-bond donors (Lipinski definition) is 1. The summed E-state index contributed by atoms with van der Waals surface area (Å²) >= 11 is 6.00. The highest BCUT2D eigenvalue weighted by Gasteiger charge is 2.30. The van der Waals surface area contributed by atoms with Gasteiger partial charge in [0.25, 0.3) is 0 Å². The lowest BCUT2D eigenvalue weighted by atomic mass is 10.1. The maximum Gasteiger partial charge on any atom is 0.411 e. The summed E-state index contributed by atoms with van der Waals surface area (Å²) in [5.41, 5.74) is 0.557. The molecule has 1 aromatic rings. The number of rotatable bonds is 6. The molecule has 0 fully saturated rings. The van der Waals surface area contributed by atoms with E-state index in [2.05, 4.69) is 5.32 Å². The van der Waals surface area contributed by atoms with Gasteiger partial charge in [0.2, 0.25) is 0 Å². The Balaban J connectivity index is 2.77. The lowest BCUT2D eigenvalue weighted by molar-refractivity contribution is -0.185. The Bertz CT molecular complexity index is 396. The molecule has 1 atom stereocenters. The van der Waals surface area contributed by atoms with Crippen molar-refractivity contribution in [1.29, 1.82) is 0 Å². The Morgan fingerprint density at radius 2 is 1.89 bits per heavy atom. The number of ether oxygens (including phenoxy) is 1. The number of hydrogen-bond acceptors (Lipinski definition) is 2. The first kappa shape index (κ1) is 16.3. The van der Waals surface area contributed by atoms with Gasteiger partial charge in [0.05, 0.1) is 6.10 Å². The van der Waals surface area contributed by atoms with Gasteiger partial charge in [0, 0.05) is 23.2 Å². The molecule has 6 heteroatoms. The zero-order chi connectivity index (χ0) is 14.5. The van der Waals surface area contributed by atoms with Crippen molar-refractivity contribution in [3.05, 3.63) is 34.9 Å². The normalized spacial score (nSPS) is 13.8. The molecule has 1 rings (SSSR count). The fourth-order valence-electron chi connectivity index (χ4n) is 1.53. The topological polar surface area (TPSA) is 21.3 Å². The predicted octanol–water partition coefficient (Wildman–Crippen LogP) is 3.96. The van der Waals surface area contributed by atoms with Crippen LogP contribution in [0.15, 0.2) is 24.3 Å². The highest BCUT2D eigenvalue weighted by molar-refractivity contribution is 6.31. The average Bonchev–Trinajstić information content (AvgIpc) is 2.29. The van der Waals surface area contributed by atoms with Crippen LogP contribution in [0.25, 0.3) is 0 Å². The van der Waals surface area contributed by atoms with E-state index < -0.39 is 18.9 Å². The predicted molar refractivity (Wildman–Crippen MR) is 69.3 cm³/mol. The second kappa shape index (κ2) is 7.12. The van der Waals surface area contributed by atoms with E-state index in [0.717, 1.165) is 0 Å². The first-order valence-corrected chi connectivity index (χ1v) is 6.33. The van der Waals surface area contributed by atoms with Crippen molar-refractivity contribution in [2.45, 2.75) is 32.2 Å². The molecule has 0 aromatic heterocycles. The van der Waals surface area contributed by atoms with Crippen molar-refractivity contribution in [1.82, 2.24) is 5.32 Å². The van der Waals surface area contributed by atoms with Crippen molar-refractivity contribution in [3.8, 4) is 0 Å². The second-order valence-corrected chi connectivity index (χ2v) is 4.91. The molecule has 0 aliphatic carbocycles. The van der Waals surface area contributed by atoms with Crippen LogP contribution in [0.4, 0.5) is 13.2 Å². The van der Waals surface area contributed by atoms with Crippen LogP contribution in [0.1, 0.15) is 25.5 Å². The third kappa shape index (κ3) is 6.27. The summed E-state index contributed by atoms with van der Waals surface area (Å²) in [6.07, 6.45) is -5.07. The molecule has 1 unspecified atom stereocenters. The van der Waals surface area contributed by atoms with E-state index in [-0.39, 0.29) is 12.6 Å². The van der Waals surface area contributed by atoms with Gasteiger partial charge >= 0.3 is 6.18 Å². The van der Waals surface area contributed by atoms with Gasteiger partial charge in [-0.05, 0) is 6.07 Å². The Morgan fingerprint density at radius 1 is 1.26 bits per heavy atom. The number of benzene rings is 1. The van der Waals surface area contributed by atoms with Crippen molar-refractivity contribution < 1.29 is 17.9 Å². The van der Waals surface area contributed by atoms with Gasteiger partial charge in [-0.2, -0.15) is 13.2 Å². The van der Waals surface area contributed by atoms with E-state index in [1.165, 1.54) is 0 Å². The van der Waals surface area contributed by atoms with Gasteiger partial charge in [0.15, 0.2) is 0 Å². The van der Waals surface area contributed by atoms with Crippen molar-refractivity contribution >= 4 is 11.6 Å². The van der Waals surface area contributed by atoms with Crippen molar-refractivity contribution in [3.63, 3.8) is 0 Å². The summed E-state index contributed by atoms with van der Waals surface area (Å²) in [4.78, 5) is 0. The van der Waals surface area contributed by atoms with E-state index >= 15 is 0 Å². The molecule has 19 heavy (non-hydrogen) atoms. The van der Waals surface area contributed by atoms with Gasteiger partial charge in [-0.3, -0.25) is 0 Å². The van der Waals surface area contributed by atoms with Crippen molar-refractivity contribution in [2.24, 2.45) is 0 Å². The second-order valence-electron chi connectivity index (χ2n) is 4.50. The summed E-state index contributed by atoms with van der Waals surface area (Å²) < 4.78 is 41.7. The minimum Gasteiger partial charge on any atom is -0.363 e. The SMILES string of the molecule is CC(C)NCC(OCC(F)(F)F)c1ccccc1Cl. The lowest BCUT2D eigenvalue weighted by Gasteiger charge is -2.22. The first-order valence-electron chi connectivity index (χ1n) is 5.96. The largest absolute Gasteiger partial charge is 0.411 e. The van der Waals surface area contributed by atoms with Crippen molar-refractivity contribution in [2.75, 3.05) is 13.2 Å². The molecule has 0 heterocycles. The van der Waals surface area contributed by atoms with Gasteiger partial charge in [0.1, 0.15) is 6.61 Å². The molecular weight excluding hydrogens is 279 g/mol. The minimum absolute atomic E-state index is 0.152. The molecule has 108 valence electrons. The fourth-order valence-corrected chi connectivity index (χ4v) is 1.79. The van der Waals surface area contributed by atoms with Crippen LogP contribution in [0.3, 0.4) is 0 Å². The number of nitrogens with one attached hydrogen (secondary N) is 1. The van der Waals surface area contributed by atoms with Gasteiger partial charge in [-0.15, -0.1) is 0 Å². The van der Waals surface area contributed by atoms with E-state index in [4.69, 9.17) is 16.3 Å².